The molecule has 0 unspecified atom stereocenters. The smallest absolute Gasteiger partial charge is 0.303 e. The average Bonchev–Trinajstić information content (AvgIpc) is 3.59. The van der Waals surface area contributed by atoms with Crippen LogP contribution in [-0.4, -0.2) is 55.4 Å². The highest BCUT2D eigenvalue weighted by atomic mass is 16.4. The van der Waals surface area contributed by atoms with E-state index in [0.29, 0.717) is 44.2 Å². The Morgan fingerprint density at radius 1 is 0.791 bits per heavy atom. The van der Waals surface area contributed by atoms with Crippen molar-refractivity contribution in [2.75, 3.05) is 0 Å². The van der Waals surface area contributed by atoms with Gasteiger partial charge in [0.15, 0.2) is 0 Å². The molecule has 0 bridgehead atoms. The van der Waals surface area contributed by atoms with Crippen LogP contribution in [-0.2, 0) is 51.3 Å². The first-order valence-electron chi connectivity index (χ1n) is 15.1. The molecular formula is C33H42N4O6. The first kappa shape index (κ1) is 31.8. The summed E-state index contributed by atoms with van der Waals surface area (Å²) in [6, 6.07) is 0. The summed E-state index contributed by atoms with van der Waals surface area (Å²) in [5, 5.41) is 18.9. The fraction of sp³-hybridized carbons (Fsp3) is 0.515. The van der Waals surface area contributed by atoms with Gasteiger partial charge in [-0.15, -0.1) is 0 Å². The Morgan fingerprint density at radius 2 is 1.33 bits per heavy atom. The van der Waals surface area contributed by atoms with Gasteiger partial charge in [0.2, 0.25) is 5.91 Å². The molecule has 0 fully saturated rings. The fourth-order valence-electron chi connectivity index (χ4n) is 6.58. The van der Waals surface area contributed by atoms with E-state index in [1.807, 2.05) is 34.6 Å². The van der Waals surface area contributed by atoms with Crippen LogP contribution in [0.4, 0.5) is 0 Å². The third kappa shape index (κ3) is 6.63. The lowest BCUT2D eigenvalue weighted by Crippen LogP contribution is -2.19. The van der Waals surface area contributed by atoms with Crippen LogP contribution in [0.25, 0.3) is 0 Å². The molecule has 0 radical (unpaired) electrons. The third-order valence-electron chi connectivity index (χ3n) is 9.22. The molecule has 0 saturated heterocycles. The number of aliphatic imine (C=N–C) groups is 2. The number of rotatable bonds is 14. The van der Waals surface area contributed by atoms with Gasteiger partial charge in [0.25, 0.3) is 5.91 Å². The van der Waals surface area contributed by atoms with Gasteiger partial charge in [-0.05, 0) is 74.3 Å². The van der Waals surface area contributed by atoms with Gasteiger partial charge >= 0.3 is 11.9 Å². The number of hydrogen-bond donors (Lipinski definition) is 4. The Morgan fingerprint density at radius 3 is 1.79 bits per heavy atom. The summed E-state index contributed by atoms with van der Waals surface area (Å²) in [5.41, 5.74) is 10.4. The van der Waals surface area contributed by atoms with E-state index in [1.165, 1.54) is 0 Å². The highest BCUT2D eigenvalue weighted by molar-refractivity contribution is 6.19. The first-order chi connectivity index (χ1) is 20.4. The molecule has 2 aromatic rings. The number of aromatic nitrogens is 2. The molecular weight excluding hydrogens is 548 g/mol. The molecule has 2 aromatic heterocycles. The van der Waals surface area contributed by atoms with Crippen LogP contribution >= 0.6 is 0 Å². The lowest BCUT2D eigenvalue weighted by atomic mass is 9.87. The molecule has 0 aliphatic carbocycles. The van der Waals surface area contributed by atoms with Crippen molar-refractivity contribution >= 4 is 35.2 Å². The van der Waals surface area contributed by atoms with E-state index in [4.69, 9.17) is 0 Å². The van der Waals surface area contributed by atoms with Gasteiger partial charge in [0, 0.05) is 78.0 Å². The van der Waals surface area contributed by atoms with Crippen molar-refractivity contribution in [2.24, 2.45) is 21.8 Å². The van der Waals surface area contributed by atoms with Crippen molar-refractivity contribution in [3.8, 4) is 0 Å². The molecule has 2 amide bonds. The number of amides is 2. The van der Waals surface area contributed by atoms with Gasteiger partial charge in [-0.1, -0.05) is 20.8 Å². The molecule has 0 saturated carbocycles. The van der Waals surface area contributed by atoms with Crippen molar-refractivity contribution in [3.63, 3.8) is 0 Å². The predicted octanol–water partition coefficient (Wildman–Crippen LogP) is 5.02. The molecule has 0 spiro atoms. The van der Waals surface area contributed by atoms with Crippen molar-refractivity contribution in [1.29, 1.82) is 0 Å². The van der Waals surface area contributed by atoms with E-state index in [-0.39, 0.29) is 36.5 Å². The summed E-state index contributed by atoms with van der Waals surface area (Å²) in [7, 11) is 0. The molecule has 2 aliphatic heterocycles. The molecule has 2 atom stereocenters. The van der Waals surface area contributed by atoms with Crippen molar-refractivity contribution in [3.05, 3.63) is 56.2 Å². The van der Waals surface area contributed by atoms with E-state index in [1.54, 1.807) is 0 Å². The summed E-state index contributed by atoms with van der Waals surface area (Å²) < 4.78 is 0. The Kier molecular flexibility index (Phi) is 9.67. The minimum atomic E-state index is -0.892. The fourth-order valence-corrected chi connectivity index (χ4v) is 6.58. The zero-order chi connectivity index (χ0) is 31.6. The van der Waals surface area contributed by atoms with Gasteiger partial charge in [-0.2, -0.15) is 0 Å². The van der Waals surface area contributed by atoms with Crippen molar-refractivity contribution in [1.82, 2.24) is 9.97 Å². The molecule has 0 aromatic carbocycles. The standard InChI is InChI=1S/C33H42N4O6/c1-7-20-19(6)32(42)37-27(20)14-25-18(5)23(10-12-31(40)41)29(35-25)15-28-22(9-11-30(38)39)17(4)24(34-28)13-26-16(3)21(8-2)33(43)36-26/h19-20,34-35H,7-15H2,1-6H3,(H,38,39)(H,40,41)/t19-,20-/m1/s1. The number of nitrogens with zero attached hydrogens (tertiary/aromatic N) is 2. The predicted molar refractivity (Wildman–Crippen MR) is 164 cm³/mol. The Hall–Kier alpha value is -4.08. The molecule has 4 rings (SSSR count). The van der Waals surface area contributed by atoms with E-state index >= 15 is 0 Å². The van der Waals surface area contributed by atoms with E-state index in [2.05, 4.69) is 26.9 Å². The lowest BCUT2D eigenvalue weighted by Gasteiger charge is -2.14. The largest absolute Gasteiger partial charge is 0.481 e. The summed E-state index contributed by atoms with van der Waals surface area (Å²) in [6.07, 6.45) is 3.37. The number of aliphatic carboxylic acids is 2. The van der Waals surface area contributed by atoms with Crippen LogP contribution in [0.5, 0.6) is 0 Å². The Bertz CT molecular complexity index is 1570. The topological polar surface area (TPSA) is 165 Å². The number of hydrogen-bond acceptors (Lipinski definition) is 4. The second-order valence-electron chi connectivity index (χ2n) is 11.8. The second kappa shape index (κ2) is 13.1. The van der Waals surface area contributed by atoms with Crippen LogP contribution < -0.4 is 0 Å². The van der Waals surface area contributed by atoms with Crippen LogP contribution in [0.3, 0.4) is 0 Å². The maximum atomic E-state index is 12.4. The summed E-state index contributed by atoms with van der Waals surface area (Å²) in [4.78, 5) is 63.5. The highest BCUT2D eigenvalue weighted by Crippen LogP contribution is 2.32. The number of carboxylic acid groups (broad SMARTS) is 2. The molecule has 43 heavy (non-hydrogen) atoms. The zero-order valence-electron chi connectivity index (χ0n) is 25.9. The number of H-pyrrole nitrogens is 2. The first-order valence-corrected chi connectivity index (χ1v) is 15.1. The van der Waals surface area contributed by atoms with Crippen LogP contribution in [0.15, 0.2) is 21.1 Å². The summed E-state index contributed by atoms with van der Waals surface area (Å²) in [6.45, 7) is 11.7. The average molecular weight is 591 g/mol. The van der Waals surface area contributed by atoms with Gasteiger partial charge in [0.1, 0.15) is 0 Å². The molecule has 230 valence electrons. The maximum absolute atomic E-state index is 12.4. The van der Waals surface area contributed by atoms with Crippen molar-refractivity contribution in [2.45, 2.75) is 99.3 Å². The summed E-state index contributed by atoms with van der Waals surface area (Å²) >= 11 is 0. The van der Waals surface area contributed by atoms with Gasteiger partial charge < -0.3 is 20.2 Å². The van der Waals surface area contributed by atoms with Gasteiger partial charge in [-0.25, -0.2) is 9.98 Å². The molecule has 10 heteroatoms. The summed E-state index contributed by atoms with van der Waals surface area (Å²) in [5.74, 6) is -2.15. The van der Waals surface area contributed by atoms with Crippen LogP contribution in [0, 0.1) is 25.7 Å². The minimum absolute atomic E-state index is 0.0285. The normalized spacial score (nSPS) is 18.6. The number of allylic oxidation sites excluding steroid dienone is 1. The SMILES string of the molecule is CCC1=C(C)C(Cc2[nH]c(Cc3[nH]c(CC4=NC(=O)[C@H](C)[C@H]4CC)c(C)c3CCC(=O)O)c(CCC(=O)O)c2C)=NC1=O. The molecule has 2 aliphatic rings. The monoisotopic (exact) mass is 590 g/mol. The lowest BCUT2D eigenvalue weighted by molar-refractivity contribution is -0.138. The van der Waals surface area contributed by atoms with Crippen LogP contribution in [0.1, 0.15) is 98.4 Å². The minimum Gasteiger partial charge on any atom is -0.481 e. The number of carboxylic acids is 2. The Balaban J connectivity index is 1.72. The van der Waals surface area contributed by atoms with Crippen molar-refractivity contribution < 1.29 is 29.4 Å². The van der Waals surface area contributed by atoms with E-state index in [0.717, 1.165) is 68.3 Å². The second-order valence-corrected chi connectivity index (χ2v) is 11.8. The molecule has 10 nitrogen and oxygen atoms in total. The number of nitrogens with one attached hydrogen (secondary N) is 2. The quantitative estimate of drug-likeness (QED) is 0.241. The number of aromatic amines is 2. The van der Waals surface area contributed by atoms with Gasteiger partial charge in [0.05, 0.1) is 5.71 Å². The zero-order valence-corrected chi connectivity index (χ0v) is 25.9. The number of carbonyl (C=O) groups is 4. The van der Waals surface area contributed by atoms with Gasteiger partial charge in [-0.3, -0.25) is 19.2 Å². The number of carbonyl (C=O) groups excluding carboxylic acids is 2. The van der Waals surface area contributed by atoms with Crippen LogP contribution in [0.2, 0.25) is 0 Å². The van der Waals surface area contributed by atoms with E-state index in [9.17, 15) is 29.4 Å². The highest BCUT2D eigenvalue weighted by Gasteiger charge is 2.34. The Labute approximate surface area is 251 Å². The van der Waals surface area contributed by atoms with E-state index < -0.39 is 11.9 Å². The molecule has 4 heterocycles. The third-order valence-corrected chi connectivity index (χ3v) is 9.22. The molecule has 4 N–H and O–H groups in total. The maximum Gasteiger partial charge on any atom is 0.303 e.